The summed E-state index contributed by atoms with van der Waals surface area (Å²) < 4.78 is 12.5. The number of aryl methyl sites for hydroxylation is 1. The molecule has 0 radical (unpaired) electrons. The number of aromatic nitrogens is 3. The van der Waals surface area contributed by atoms with Crippen molar-refractivity contribution in [3.05, 3.63) is 47.9 Å². The molecule has 21 heavy (non-hydrogen) atoms. The number of hydrogen-bond donors (Lipinski definition) is 1. The van der Waals surface area contributed by atoms with Gasteiger partial charge in [0.05, 0.1) is 6.20 Å². The normalized spacial score (nSPS) is 12.8. The highest BCUT2D eigenvalue weighted by molar-refractivity contribution is 5.61. The lowest BCUT2D eigenvalue weighted by molar-refractivity contribution is 0.174. The molecule has 1 N–H and O–H groups in total. The largest absolute Gasteiger partial charge is 0.454 e. The molecule has 0 aliphatic carbocycles. The van der Waals surface area contributed by atoms with Crippen LogP contribution in [0.5, 0.6) is 11.5 Å². The van der Waals surface area contributed by atoms with E-state index in [0.717, 1.165) is 34.0 Å². The van der Waals surface area contributed by atoms with E-state index < -0.39 is 0 Å². The molecule has 1 aliphatic heterocycles. The van der Waals surface area contributed by atoms with Crippen molar-refractivity contribution >= 4 is 11.3 Å². The zero-order chi connectivity index (χ0) is 14.2. The van der Waals surface area contributed by atoms with Gasteiger partial charge in [-0.15, -0.1) is 0 Å². The van der Waals surface area contributed by atoms with Crippen LogP contribution >= 0.6 is 0 Å². The van der Waals surface area contributed by atoms with Crippen LogP contribution in [0.2, 0.25) is 0 Å². The lowest BCUT2D eigenvalue weighted by Gasteiger charge is -2.10. The Kier molecular flexibility index (Phi) is 2.67. The molecular weight excluding hydrogens is 268 g/mol. The van der Waals surface area contributed by atoms with Crippen LogP contribution in [0, 0.1) is 6.92 Å². The number of nitrogens with zero attached hydrogens (tertiary/aromatic N) is 3. The third-order valence-electron chi connectivity index (χ3n) is 3.54. The maximum Gasteiger partial charge on any atom is 0.231 e. The van der Waals surface area contributed by atoms with Gasteiger partial charge in [0.2, 0.25) is 6.79 Å². The summed E-state index contributed by atoms with van der Waals surface area (Å²) in [5.74, 6) is 1.58. The van der Waals surface area contributed by atoms with Crippen LogP contribution in [0.25, 0.3) is 5.65 Å². The van der Waals surface area contributed by atoms with Gasteiger partial charge in [0.1, 0.15) is 0 Å². The van der Waals surface area contributed by atoms with Crippen LogP contribution in [0.1, 0.15) is 11.1 Å². The second kappa shape index (κ2) is 4.66. The molecule has 2 aromatic heterocycles. The summed E-state index contributed by atoms with van der Waals surface area (Å²) in [7, 11) is 0. The Morgan fingerprint density at radius 2 is 2.14 bits per heavy atom. The van der Waals surface area contributed by atoms with E-state index in [0.29, 0.717) is 6.54 Å². The summed E-state index contributed by atoms with van der Waals surface area (Å²) in [6, 6.07) is 5.81. The number of rotatable bonds is 3. The molecule has 1 aromatic carbocycles. The number of benzene rings is 1. The molecule has 6 nitrogen and oxygen atoms in total. The predicted molar refractivity (Wildman–Crippen MR) is 77.6 cm³/mol. The number of hydrogen-bond acceptors (Lipinski definition) is 5. The topological polar surface area (TPSA) is 60.7 Å². The van der Waals surface area contributed by atoms with Crippen LogP contribution < -0.4 is 14.8 Å². The fourth-order valence-corrected chi connectivity index (χ4v) is 2.43. The van der Waals surface area contributed by atoms with Crippen molar-refractivity contribution in [2.24, 2.45) is 0 Å². The first-order valence-corrected chi connectivity index (χ1v) is 6.72. The van der Waals surface area contributed by atoms with Gasteiger partial charge in [-0.05, 0) is 24.6 Å². The van der Waals surface area contributed by atoms with Gasteiger partial charge in [-0.25, -0.2) is 9.50 Å². The van der Waals surface area contributed by atoms with Crippen molar-refractivity contribution in [2.75, 3.05) is 12.1 Å². The van der Waals surface area contributed by atoms with Crippen molar-refractivity contribution in [1.82, 2.24) is 14.6 Å². The highest BCUT2D eigenvalue weighted by Gasteiger charge is 2.15. The molecular formula is C15H14N4O2. The monoisotopic (exact) mass is 282 g/mol. The molecule has 6 heteroatoms. The lowest BCUT2D eigenvalue weighted by atomic mass is 10.1. The van der Waals surface area contributed by atoms with E-state index in [1.807, 2.05) is 37.5 Å². The Morgan fingerprint density at radius 1 is 1.29 bits per heavy atom. The Hall–Kier alpha value is -2.76. The summed E-state index contributed by atoms with van der Waals surface area (Å²) in [6.45, 7) is 2.98. The van der Waals surface area contributed by atoms with E-state index in [9.17, 15) is 0 Å². The first-order valence-electron chi connectivity index (χ1n) is 6.72. The van der Waals surface area contributed by atoms with E-state index in [1.165, 1.54) is 0 Å². The number of ether oxygens (including phenoxy) is 2. The fraction of sp³-hybridized carbons (Fsp3) is 0.200. The molecule has 3 aromatic rings. The van der Waals surface area contributed by atoms with Crippen LogP contribution in [0.3, 0.4) is 0 Å². The van der Waals surface area contributed by atoms with Gasteiger partial charge in [0, 0.05) is 36.3 Å². The SMILES string of the molecule is Cc1cc2c(cc1NCc1cnn3cccnc13)OCO2. The molecule has 1 aliphatic rings. The predicted octanol–water partition coefficient (Wildman–Crippen LogP) is 2.38. The van der Waals surface area contributed by atoms with Crippen LogP contribution in [0.4, 0.5) is 5.69 Å². The summed E-state index contributed by atoms with van der Waals surface area (Å²) in [6.07, 6.45) is 5.49. The molecule has 0 fully saturated rings. The Balaban J connectivity index is 1.60. The van der Waals surface area contributed by atoms with Crippen molar-refractivity contribution in [3.8, 4) is 11.5 Å². The molecule has 0 saturated carbocycles. The van der Waals surface area contributed by atoms with Gasteiger partial charge in [-0.1, -0.05) is 0 Å². The minimum Gasteiger partial charge on any atom is -0.454 e. The molecule has 0 unspecified atom stereocenters. The molecule has 0 saturated heterocycles. The van der Waals surface area contributed by atoms with Crippen LogP contribution in [0.15, 0.2) is 36.8 Å². The van der Waals surface area contributed by atoms with Gasteiger partial charge in [-0.2, -0.15) is 5.10 Å². The third kappa shape index (κ3) is 2.05. The van der Waals surface area contributed by atoms with E-state index >= 15 is 0 Å². The molecule has 3 heterocycles. The van der Waals surface area contributed by atoms with E-state index in [2.05, 4.69) is 15.4 Å². The lowest BCUT2D eigenvalue weighted by Crippen LogP contribution is -2.01. The quantitative estimate of drug-likeness (QED) is 0.799. The number of fused-ring (bicyclic) bond motifs is 2. The van der Waals surface area contributed by atoms with Gasteiger partial charge in [-0.3, -0.25) is 0 Å². The first-order chi connectivity index (χ1) is 10.3. The van der Waals surface area contributed by atoms with E-state index in [4.69, 9.17) is 9.47 Å². The second-order valence-corrected chi connectivity index (χ2v) is 4.93. The maximum atomic E-state index is 5.41. The smallest absolute Gasteiger partial charge is 0.231 e. The van der Waals surface area contributed by atoms with E-state index in [-0.39, 0.29) is 6.79 Å². The van der Waals surface area contributed by atoms with Crippen molar-refractivity contribution in [2.45, 2.75) is 13.5 Å². The molecule has 0 spiro atoms. The third-order valence-corrected chi connectivity index (χ3v) is 3.54. The summed E-state index contributed by atoms with van der Waals surface area (Å²) in [5, 5.41) is 7.69. The molecule has 4 rings (SSSR count). The first kappa shape index (κ1) is 12.0. The summed E-state index contributed by atoms with van der Waals surface area (Å²) >= 11 is 0. The van der Waals surface area contributed by atoms with Crippen LogP contribution in [-0.4, -0.2) is 21.4 Å². The van der Waals surface area contributed by atoms with Gasteiger partial charge in [0.25, 0.3) is 0 Å². The fourth-order valence-electron chi connectivity index (χ4n) is 2.43. The highest BCUT2D eigenvalue weighted by atomic mass is 16.7. The average Bonchev–Trinajstić information content (AvgIpc) is 3.11. The summed E-state index contributed by atoms with van der Waals surface area (Å²) in [4.78, 5) is 4.35. The Labute approximate surface area is 121 Å². The number of nitrogens with one attached hydrogen (secondary N) is 1. The second-order valence-electron chi connectivity index (χ2n) is 4.93. The minimum atomic E-state index is 0.288. The number of anilines is 1. The van der Waals surface area contributed by atoms with E-state index in [1.54, 1.807) is 10.7 Å². The van der Waals surface area contributed by atoms with Gasteiger partial charge in [0.15, 0.2) is 17.1 Å². The van der Waals surface area contributed by atoms with Crippen molar-refractivity contribution in [1.29, 1.82) is 0 Å². The van der Waals surface area contributed by atoms with Crippen LogP contribution in [-0.2, 0) is 6.54 Å². The molecule has 0 amide bonds. The molecule has 0 bridgehead atoms. The Morgan fingerprint density at radius 3 is 3.05 bits per heavy atom. The highest BCUT2D eigenvalue weighted by Crippen LogP contribution is 2.36. The molecule has 106 valence electrons. The zero-order valence-electron chi connectivity index (χ0n) is 11.5. The summed E-state index contributed by atoms with van der Waals surface area (Å²) in [5.41, 5.74) is 4.05. The van der Waals surface area contributed by atoms with Gasteiger partial charge >= 0.3 is 0 Å². The average molecular weight is 282 g/mol. The van der Waals surface area contributed by atoms with Crippen molar-refractivity contribution in [3.63, 3.8) is 0 Å². The molecule has 0 atom stereocenters. The maximum absolute atomic E-state index is 5.41. The minimum absolute atomic E-state index is 0.288. The van der Waals surface area contributed by atoms with Gasteiger partial charge < -0.3 is 14.8 Å². The standard InChI is InChI=1S/C15H14N4O2/c1-10-5-13-14(21-9-20-13)6-12(10)17-7-11-8-18-19-4-2-3-16-15(11)19/h2-6,8,17H,7,9H2,1H3. The Bertz CT molecular complexity index is 813. The zero-order valence-corrected chi connectivity index (χ0v) is 11.5. The van der Waals surface area contributed by atoms with Crippen molar-refractivity contribution < 1.29 is 9.47 Å².